The molecule has 2 rings (SSSR count). The maximum absolute atomic E-state index is 10.6. The zero-order valence-corrected chi connectivity index (χ0v) is 10.5. The summed E-state index contributed by atoms with van der Waals surface area (Å²) in [7, 11) is 0. The molecule has 0 radical (unpaired) electrons. The molecule has 0 spiro atoms. The molecule has 8 heteroatoms. The first-order valence-electron chi connectivity index (χ1n) is 6.22. The van der Waals surface area contributed by atoms with Gasteiger partial charge < -0.3 is 20.5 Å². The van der Waals surface area contributed by atoms with Crippen molar-refractivity contribution in [3.63, 3.8) is 0 Å². The molecule has 0 amide bonds. The van der Waals surface area contributed by atoms with Gasteiger partial charge in [-0.1, -0.05) is 0 Å². The van der Waals surface area contributed by atoms with E-state index in [0.717, 1.165) is 25.6 Å². The van der Waals surface area contributed by atoms with Crippen LogP contribution in [-0.4, -0.2) is 56.1 Å². The zero-order chi connectivity index (χ0) is 14.3. The fraction of sp³-hybridized carbons (Fsp3) is 0.909. The van der Waals surface area contributed by atoms with Gasteiger partial charge in [0.05, 0.1) is 12.7 Å². The van der Waals surface area contributed by atoms with Crippen LogP contribution in [0.3, 0.4) is 0 Å². The molecule has 0 aliphatic carbocycles. The van der Waals surface area contributed by atoms with Gasteiger partial charge in [-0.05, 0) is 31.8 Å². The van der Waals surface area contributed by atoms with Crippen LogP contribution in [0.1, 0.15) is 12.8 Å². The van der Waals surface area contributed by atoms with Crippen molar-refractivity contribution in [1.29, 1.82) is 0 Å². The molecule has 2 heterocycles. The molecule has 2 saturated heterocycles. The van der Waals surface area contributed by atoms with E-state index in [1.165, 1.54) is 25.9 Å². The predicted octanol–water partition coefficient (Wildman–Crippen LogP) is 0.608. The Morgan fingerprint density at radius 1 is 1.26 bits per heavy atom. The van der Waals surface area contributed by atoms with Gasteiger partial charge in [-0.25, -0.2) is 4.79 Å². The second-order valence-electron chi connectivity index (χ2n) is 4.59. The quantitative estimate of drug-likeness (QED) is 0.693. The van der Waals surface area contributed by atoms with Crippen molar-refractivity contribution in [2.75, 3.05) is 32.8 Å². The third-order valence-electron chi connectivity index (χ3n) is 3.01. The van der Waals surface area contributed by atoms with Crippen LogP contribution in [0.15, 0.2) is 0 Å². The molecule has 0 aromatic rings. The number of carbonyl (C=O) groups is 1. The molecule has 2 aliphatic rings. The Morgan fingerprint density at radius 2 is 1.89 bits per heavy atom. The lowest BCUT2D eigenvalue weighted by Crippen LogP contribution is -2.39. The SMILES string of the molecule is C1CC(CC2CNCCO2)CN1.O=C(O)C(F)(F)F. The van der Waals surface area contributed by atoms with Gasteiger partial charge in [0.2, 0.25) is 0 Å². The Morgan fingerprint density at radius 3 is 2.32 bits per heavy atom. The van der Waals surface area contributed by atoms with E-state index < -0.39 is 12.1 Å². The molecule has 19 heavy (non-hydrogen) atoms. The molecule has 2 unspecified atom stereocenters. The summed E-state index contributed by atoms with van der Waals surface area (Å²) in [6.07, 6.45) is -2.04. The Labute approximate surface area is 109 Å². The Bertz CT molecular complexity index is 275. The lowest BCUT2D eigenvalue weighted by Gasteiger charge is -2.25. The first kappa shape index (κ1) is 16.2. The number of aliphatic carboxylic acids is 1. The fourth-order valence-electron chi connectivity index (χ4n) is 2.06. The Hall–Kier alpha value is -0.860. The number of halogens is 3. The van der Waals surface area contributed by atoms with Crippen LogP contribution >= 0.6 is 0 Å². The fourth-order valence-corrected chi connectivity index (χ4v) is 2.06. The lowest BCUT2D eigenvalue weighted by molar-refractivity contribution is -0.192. The molecule has 5 nitrogen and oxygen atoms in total. The molecular weight excluding hydrogens is 265 g/mol. The smallest absolute Gasteiger partial charge is 0.475 e. The van der Waals surface area contributed by atoms with Crippen molar-refractivity contribution in [2.45, 2.75) is 25.1 Å². The summed E-state index contributed by atoms with van der Waals surface area (Å²) in [5.74, 6) is -1.90. The molecule has 2 aliphatic heterocycles. The van der Waals surface area contributed by atoms with Crippen molar-refractivity contribution < 1.29 is 27.8 Å². The van der Waals surface area contributed by atoms with E-state index in [2.05, 4.69) is 10.6 Å². The third-order valence-corrected chi connectivity index (χ3v) is 3.01. The maximum Gasteiger partial charge on any atom is 0.490 e. The normalized spacial score (nSPS) is 27.5. The standard InChI is InChI=1S/C9H18N2O.C2HF3O2/c1-2-10-6-8(1)5-9-7-11-3-4-12-9;3-2(4,5)1(6)7/h8-11H,1-7H2;(H,6,7). The number of carboxylic acids is 1. The van der Waals surface area contributed by atoms with Gasteiger partial charge in [0.1, 0.15) is 0 Å². The van der Waals surface area contributed by atoms with Crippen LogP contribution in [0.4, 0.5) is 13.2 Å². The lowest BCUT2D eigenvalue weighted by atomic mass is 10.0. The van der Waals surface area contributed by atoms with Crippen molar-refractivity contribution in [1.82, 2.24) is 10.6 Å². The minimum Gasteiger partial charge on any atom is -0.475 e. The minimum absolute atomic E-state index is 0.476. The molecule has 2 atom stereocenters. The minimum atomic E-state index is -5.08. The van der Waals surface area contributed by atoms with E-state index in [-0.39, 0.29) is 0 Å². The van der Waals surface area contributed by atoms with Crippen LogP contribution in [0.2, 0.25) is 0 Å². The van der Waals surface area contributed by atoms with Gasteiger partial charge in [-0.15, -0.1) is 0 Å². The first-order valence-corrected chi connectivity index (χ1v) is 6.22. The summed E-state index contributed by atoms with van der Waals surface area (Å²) >= 11 is 0. The highest BCUT2D eigenvalue weighted by Gasteiger charge is 2.38. The van der Waals surface area contributed by atoms with E-state index in [4.69, 9.17) is 14.6 Å². The monoisotopic (exact) mass is 284 g/mol. The summed E-state index contributed by atoms with van der Waals surface area (Å²) in [6, 6.07) is 0. The number of rotatable bonds is 2. The van der Waals surface area contributed by atoms with Crippen molar-refractivity contribution in [2.24, 2.45) is 5.92 Å². The van der Waals surface area contributed by atoms with Gasteiger partial charge in [-0.3, -0.25) is 0 Å². The highest BCUT2D eigenvalue weighted by Crippen LogP contribution is 2.16. The van der Waals surface area contributed by atoms with E-state index >= 15 is 0 Å². The average Bonchev–Trinajstić information content (AvgIpc) is 2.83. The molecular formula is C11H19F3N2O3. The number of morpholine rings is 1. The van der Waals surface area contributed by atoms with Crippen LogP contribution in [0.25, 0.3) is 0 Å². The second kappa shape index (κ2) is 7.66. The maximum atomic E-state index is 10.6. The average molecular weight is 284 g/mol. The summed E-state index contributed by atoms with van der Waals surface area (Å²) in [5, 5.41) is 13.9. The number of carboxylic acid groups (broad SMARTS) is 1. The topological polar surface area (TPSA) is 70.6 Å². The van der Waals surface area contributed by atoms with Gasteiger partial charge >= 0.3 is 12.1 Å². The van der Waals surface area contributed by atoms with E-state index in [1.807, 2.05) is 0 Å². The van der Waals surface area contributed by atoms with Crippen LogP contribution in [0, 0.1) is 5.92 Å². The predicted molar refractivity (Wildman–Crippen MR) is 61.9 cm³/mol. The number of hydrogen-bond donors (Lipinski definition) is 3. The summed E-state index contributed by atoms with van der Waals surface area (Å²) in [6.45, 7) is 5.37. The molecule has 0 aromatic heterocycles. The molecule has 3 N–H and O–H groups in total. The number of hydrogen-bond acceptors (Lipinski definition) is 4. The molecule has 112 valence electrons. The van der Waals surface area contributed by atoms with E-state index in [9.17, 15) is 13.2 Å². The van der Waals surface area contributed by atoms with Gasteiger partial charge in [0.15, 0.2) is 0 Å². The Kier molecular flexibility index (Phi) is 6.53. The van der Waals surface area contributed by atoms with E-state index in [1.54, 1.807) is 0 Å². The van der Waals surface area contributed by atoms with E-state index in [0.29, 0.717) is 6.10 Å². The highest BCUT2D eigenvalue weighted by molar-refractivity contribution is 5.73. The second-order valence-corrected chi connectivity index (χ2v) is 4.59. The largest absolute Gasteiger partial charge is 0.490 e. The zero-order valence-electron chi connectivity index (χ0n) is 10.5. The Balaban J connectivity index is 0.000000224. The highest BCUT2D eigenvalue weighted by atomic mass is 19.4. The van der Waals surface area contributed by atoms with Gasteiger partial charge in [0, 0.05) is 13.1 Å². The van der Waals surface area contributed by atoms with Gasteiger partial charge in [0.25, 0.3) is 0 Å². The van der Waals surface area contributed by atoms with Crippen molar-refractivity contribution >= 4 is 5.97 Å². The molecule has 0 saturated carbocycles. The molecule has 0 bridgehead atoms. The van der Waals surface area contributed by atoms with Crippen molar-refractivity contribution in [3.8, 4) is 0 Å². The molecule has 0 aromatic carbocycles. The van der Waals surface area contributed by atoms with Crippen LogP contribution in [-0.2, 0) is 9.53 Å². The van der Waals surface area contributed by atoms with Crippen LogP contribution in [0.5, 0.6) is 0 Å². The summed E-state index contributed by atoms with van der Waals surface area (Å²) < 4.78 is 37.4. The molecule has 2 fully saturated rings. The third kappa shape index (κ3) is 6.74. The number of alkyl halides is 3. The summed E-state index contributed by atoms with van der Waals surface area (Å²) in [4.78, 5) is 8.90. The number of ether oxygens (including phenoxy) is 1. The van der Waals surface area contributed by atoms with Gasteiger partial charge in [-0.2, -0.15) is 13.2 Å². The summed E-state index contributed by atoms with van der Waals surface area (Å²) in [5.41, 5.74) is 0. The first-order chi connectivity index (χ1) is 8.89. The van der Waals surface area contributed by atoms with Crippen molar-refractivity contribution in [3.05, 3.63) is 0 Å². The van der Waals surface area contributed by atoms with Crippen LogP contribution < -0.4 is 10.6 Å². The number of nitrogens with one attached hydrogen (secondary N) is 2.